The Kier molecular flexibility index (Phi) is 4.02. The lowest BCUT2D eigenvalue weighted by atomic mass is 9.68. The molecule has 1 aliphatic carbocycles. The molecule has 1 spiro atoms. The van der Waals surface area contributed by atoms with Crippen LogP contribution in [0.4, 0.5) is 0 Å². The van der Waals surface area contributed by atoms with E-state index in [2.05, 4.69) is 39.6 Å². The summed E-state index contributed by atoms with van der Waals surface area (Å²) in [5, 5.41) is 14.5. The van der Waals surface area contributed by atoms with Gasteiger partial charge in [-0.25, -0.2) is 9.50 Å². The fourth-order valence-electron chi connectivity index (χ4n) is 4.21. The van der Waals surface area contributed by atoms with Crippen molar-refractivity contribution in [3.63, 3.8) is 0 Å². The van der Waals surface area contributed by atoms with Crippen LogP contribution in [0.3, 0.4) is 0 Å². The minimum absolute atomic E-state index is 0.806. The smallest absolute Gasteiger partial charge is 0.212 e. The standard InChI is InChI=1S/C13H11N5S.C7H13N/c1-8-5-9(6-10-7-17(2)15-11(8)10)12-16-18-4-3-14-13(18)19-12;1-2-7(3-1)4-5-8-6-7/h3-7H,1-2H3;8H,1-6H2. The largest absolute Gasteiger partial charge is 0.316 e. The molecule has 0 radical (unpaired) electrons. The normalized spacial score (nSPS) is 18.0. The van der Waals surface area contributed by atoms with Gasteiger partial charge in [0.05, 0.1) is 11.7 Å². The monoisotopic (exact) mass is 380 g/mol. The molecule has 1 saturated carbocycles. The quantitative estimate of drug-likeness (QED) is 0.546. The van der Waals surface area contributed by atoms with Gasteiger partial charge in [-0.1, -0.05) is 17.8 Å². The molecule has 3 aromatic heterocycles. The van der Waals surface area contributed by atoms with E-state index in [0.29, 0.717) is 0 Å². The third-order valence-electron chi connectivity index (χ3n) is 5.88. The molecular formula is C20H24N6S. The zero-order valence-corrected chi connectivity index (χ0v) is 16.6. The van der Waals surface area contributed by atoms with Gasteiger partial charge in [0, 0.05) is 36.9 Å². The Balaban J connectivity index is 0.000000167. The Bertz CT molecular complexity index is 1060. The predicted octanol–water partition coefficient (Wildman–Crippen LogP) is 3.80. The molecule has 140 valence electrons. The first kappa shape index (κ1) is 16.9. The van der Waals surface area contributed by atoms with Gasteiger partial charge in [-0.15, -0.1) is 0 Å². The highest BCUT2D eigenvalue weighted by atomic mass is 32.1. The second-order valence-electron chi connectivity index (χ2n) is 7.88. The lowest BCUT2D eigenvalue weighted by Crippen LogP contribution is -2.31. The number of nitrogens with zero attached hydrogens (tertiary/aromatic N) is 5. The van der Waals surface area contributed by atoms with Crippen LogP contribution in [0.15, 0.2) is 30.7 Å². The Morgan fingerprint density at radius 2 is 2.07 bits per heavy atom. The highest BCUT2D eigenvalue weighted by Gasteiger charge is 2.38. The van der Waals surface area contributed by atoms with E-state index >= 15 is 0 Å². The average molecular weight is 381 g/mol. The Morgan fingerprint density at radius 1 is 1.19 bits per heavy atom. The number of hydrogen-bond donors (Lipinski definition) is 1. The molecule has 4 aromatic rings. The van der Waals surface area contributed by atoms with Gasteiger partial charge >= 0.3 is 0 Å². The first-order valence-corrected chi connectivity index (χ1v) is 10.4. The summed E-state index contributed by atoms with van der Waals surface area (Å²) in [6, 6.07) is 4.27. The number of rotatable bonds is 1. The lowest BCUT2D eigenvalue weighted by molar-refractivity contribution is 0.163. The first-order chi connectivity index (χ1) is 13.1. The van der Waals surface area contributed by atoms with Crippen LogP contribution in [-0.2, 0) is 7.05 Å². The number of aromatic nitrogens is 5. The molecule has 1 aliphatic heterocycles. The van der Waals surface area contributed by atoms with Crippen LogP contribution in [0, 0.1) is 12.3 Å². The van der Waals surface area contributed by atoms with Crippen LogP contribution in [0.5, 0.6) is 0 Å². The van der Waals surface area contributed by atoms with E-state index in [1.54, 1.807) is 17.5 Å². The molecule has 4 heterocycles. The second kappa shape index (κ2) is 6.42. The molecule has 0 unspecified atom stereocenters. The zero-order chi connectivity index (χ0) is 18.4. The number of fused-ring (bicyclic) bond motifs is 2. The summed E-state index contributed by atoms with van der Waals surface area (Å²) in [5.74, 6) is 0. The molecule has 1 N–H and O–H groups in total. The van der Waals surface area contributed by atoms with Crippen molar-refractivity contribution in [3.05, 3.63) is 36.3 Å². The number of benzene rings is 1. The SMILES string of the molecule is C1CC2(C1)CCNC2.Cc1cc(-c2nn3ccnc3s2)cc2cn(C)nc12. The van der Waals surface area contributed by atoms with Crippen molar-refractivity contribution >= 4 is 27.2 Å². The van der Waals surface area contributed by atoms with Crippen molar-refractivity contribution in [2.45, 2.75) is 32.6 Å². The van der Waals surface area contributed by atoms with E-state index in [4.69, 9.17) is 0 Å². The lowest BCUT2D eigenvalue weighted by Gasteiger charge is -2.37. The average Bonchev–Trinajstić information content (AvgIpc) is 3.36. The van der Waals surface area contributed by atoms with Crippen LogP contribution in [0.2, 0.25) is 0 Å². The highest BCUT2D eigenvalue weighted by molar-refractivity contribution is 7.19. The zero-order valence-electron chi connectivity index (χ0n) is 15.8. The van der Waals surface area contributed by atoms with Crippen LogP contribution in [0.25, 0.3) is 26.4 Å². The number of imidazole rings is 1. The molecule has 2 fully saturated rings. The Hall–Kier alpha value is -2.25. The van der Waals surface area contributed by atoms with Crippen molar-refractivity contribution in [1.82, 2.24) is 29.7 Å². The van der Waals surface area contributed by atoms with E-state index < -0.39 is 0 Å². The summed E-state index contributed by atoms with van der Waals surface area (Å²) < 4.78 is 3.65. The summed E-state index contributed by atoms with van der Waals surface area (Å²) in [4.78, 5) is 5.17. The van der Waals surface area contributed by atoms with Crippen molar-refractivity contribution < 1.29 is 0 Å². The molecule has 0 atom stereocenters. The third kappa shape index (κ3) is 3.04. The van der Waals surface area contributed by atoms with E-state index in [9.17, 15) is 0 Å². The van der Waals surface area contributed by atoms with Crippen molar-refractivity contribution in [3.8, 4) is 10.6 Å². The molecular weight excluding hydrogens is 356 g/mol. The van der Waals surface area contributed by atoms with Crippen molar-refractivity contribution in [2.24, 2.45) is 12.5 Å². The van der Waals surface area contributed by atoms with E-state index in [0.717, 1.165) is 31.8 Å². The molecule has 6 rings (SSSR count). The first-order valence-electron chi connectivity index (χ1n) is 9.57. The van der Waals surface area contributed by atoms with E-state index in [1.807, 2.05) is 28.6 Å². The second-order valence-corrected chi connectivity index (χ2v) is 8.83. The van der Waals surface area contributed by atoms with Gasteiger partial charge in [0.25, 0.3) is 0 Å². The fraction of sp³-hybridized carbons (Fsp3) is 0.450. The minimum atomic E-state index is 0.806. The van der Waals surface area contributed by atoms with Crippen LogP contribution >= 0.6 is 11.3 Å². The van der Waals surface area contributed by atoms with Gasteiger partial charge in [-0.05, 0) is 55.8 Å². The van der Waals surface area contributed by atoms with Crippen molar-refractivity contribution in [1.29, 1.82) is 0 Å². The van der Waals surface area contributed by atoms with Gasteiger partial charge in [-0.2, -0.15) is 10.2 Å². The molecule has 2 aliphatic rings. The molecule has 1 aromatic carbocycles. The maximum Gasteiger partial charge on any atom is 0.212 e. The summed E-state index contributed by atoms with van der Waals surface area (Å²) in [7, 11) is 1.94. The summed E-state index contributed by atoms with van der Waals surface area (Å²) in [6.07, 6.45) is 11.6. The number of nitrogens with one attached hydrogen (secondary N) is 1. The maximum atomic E-state index is 4.54. The van der Waals surface area contributed by atoms with Crippen LogP contribution < -0.4 is 5.32 Å². The van der Waals surface area contributed by atoms with Gasteiger partial charge in [0.15, 0.2) is 0 Å². The summed E-state index contributed by atoms with van der Waals surface area (Å²) in [5.41, 5.74) is 4.14. The Labute approximate surface area is 162 Å². The predicted molar refractivity (Wildman–Crippen MR) is 109 cm³/mol. The third-order valence-corrected chi connectivity index (χ3v) is 6.87. The van der Waals surface area contributed by atoms with E-state index in [1.165, 1.54) is 44.3 Å². The molecule has 6 nitrogen and oxygen atoms in total. The fourth-order valence-corrected chi connectivity index (χ4v) is 5.05. The molecule has 0 bridgehead atoms. The maximum absolute atomic E-state index is 4.54. The van der Waals surface area contributed by atoms with Crippen LogP contribution in [0.1, 0.15) is 31.2 Å². The topological polar surface area (TPSA) is 60.0 Å². The van der Waals surface area contributed by atoms with Gasteiger partial charge in [-0.3, -0.25) is 4.68 Å². The van der Waals surface area contributed by atoms with Crippen molar-refractivity contribution in [2.75, 3.05) is 13.1 Å². The summed E-state index contributed by atoms with van der Waals surface area (Å²) >= 11 is 1.59. The number of aryl methyl sites for hydroxylation is 2. The van der Waals surface area contributed by atoms with E-state index in [-0.39, 0.29) is 0 Å². The van der Waals surface area contributed by atoms with Gasteiger partial charge < -0.3 is 5.32 Å². The van der Waals surface area contributed by atoms with Gasteiger partial charge in [0.1, 0.15) is 5.01 Å². The highest BCUT2D eigenvalue weighted by Crippen LogP contribution is 2.45. The minimum Gasteiger partial charge on any atom is -0.316 e. The molecule has 27 heavy (non-hydrogen) atoms. The molecule has 7 heteroatoms. The van der Waals surface area contributed by atoms with Crippen LogP contribution in [-0.4, -0.2) is 37.5 Å². The Morgan fingerprint density at radius 3 is 2.74 bits per heavy atom. The van der Waals surface area contributed by atoms with Gasteiger partial charge in [0.2, 0.25) is 4.96 Å². The summed E-state index contributed by atoms with van der Waals surface area (Å²) in [6.45, 7) is 4.67. The molecule has 1 saturated heterocycles. The number of hydrogen-bond acceptors (Lipinski definition) is 5. The molecule has 0 amide bonds.